The summed E-state index contributed by atoms with van der Waals surface area (Å²) in [4.78, 5) is 24.6. The molecule has 0 bridgehead atoms. The minimum atomic E-state index is -4.49. The van der Waals surface area contributed by atoms with Crippen molar-refractivity contribution in [1.82, 2.24) is 9.80 Å². The van der Waals surface area contributed by atoms with Gasteiger partial charge in [-0.25, -0.2) is 8.42 Å². The molecule has 18 heavy (non-hydrogen) atoms. The molecule has 0 rings (SSSR count). The van der Waals surface area contributed by atoms with Crippen LogP contribution in [0.4, 0.5) is 0 Å². The molecule has 0 aromatic carbocycles. The summed E-state index contributed by atoms with van der Waals surface area (Å²) in [5, 5.41) is 0. The van der Waals surface area contributed by atoms with E-state index in [4.69, 9.17) is 0 Å². The zero-order valence-corrected chi connectivity index (χ0v) is 14.0. The quantitative estimate of drug-likeness (QED) is 0.369. The topological polar surface area (TPSA) is 97.8 Å². The van der Waals surface area contributed by atoms with Crippen LogP contribution in [0.3, 0.4) is 0 Å². The molecule has 0 atom stereocenters. The summed E-state index contributed by atoms with van der Waals surface area (Å²) in [6.45, 7) is 5.03. The molecule has 0 saturated heterocycles. The van der Waals surface area contributed by atoms with Crippen molar-refractivity contribution in [1.29, 1.82) is 0 Å². The van der Waals surface area contributed by atoms with Crippen LogP contribution < -0.4 is 29.6 Å². The molecule has 7 nitrogen and oxygen atoms in total. The maximum atomic E-state index is 11.1. The third-order valence-corrected chi connectivity index (χ3v) is 2.85. The average molecular weight is 288 g/mol. The van der Waals surface area contributed by atoms with E-state index in [0.29, 0.717) is 6.54 Å². The van der Waals surface area contributed by atoms with Crippen molar-refractivity contribution < 1.29 is 52.1 Å². The first-order valence-corrected chi connectivity index (χ1v) is 6.69. The van der Waals surface area contributed by atoms with Gasteiger partial charge in [-0.15, -0.1) is 0 Å². The molecule has 0 aliphatic heterocycles. The summed E-state index contributed by atoms with van der Waals surface area (Å²) in [6, 6.07) is 0. The second kappa shape index (κ2) is 8.87. The molecule has 0 radical (unpaired) electrons. The van der Waals surface area contributed by atoms with Crippen LogP contribution in [0.5, 0.6) is 0 Å². The predicted octanol–water partition coefficient (Wildman–Crippen LogP) is -3.79. The van der Waals surface area contributed by atoms with Crippen molar-refractivity contribution in [3.63, 3.8) is 0 Å². The van der Waals surface area contributed by atoms with E-state index < -0.39 is 21.9 Å². The molecule has 0 fully saturated rings. The number of carbonyl (C=O) groups excluding carboxylic acids is 2. The van der Waals surface area contributed by atoms with Gasteiger partial charge in [-0.3, -0.25) is 9.59 Å². The van der Waals surface area contributed by atoms with E-state index in [0.717, 1.165) is 4.90 Å². The molecule has 0 saturated carbocycles. The van der Waals surface area contributed by atoms with Gasteiger partial charge in [0.2, 0.25) is 11.8 Å². The Balaban J connectivity index is 0. The number of rotatable bonds is 6. The first-order valence-electron chi connectivity index (χ1n) is 5.12. The fraction of sp³-hybridized carbons (Fsp3) is 0.778. The number of likely N-dealkylation sites (N-methyl/N-ethyl adjacent to an activating group) is 1. The van der Waals surface area contributed by atoms with Gasteiger partial charge in [0.05, 0.1) is 0 Å². The Bertz CT molecular complexity index is 384. The number of carbonyl (C=O) groups is 2. The SMILES string of the molecule is CCN(CCN(CS(=O)(=O)[O-])C(C)=O)C(C)=O.[Na+]. The second-order valence-corrected chi connectivity index (χ2v) is 4.94. The van der Waals surface area contributed by atoms with Gasteiger partial charge in [-0.1, -0.05) is 0 Å². The van der Waals surface area contributed by atoms with Gasteiger partial charge in [-0.05, 0) is 6.92 Å². The Labute approximate surface area is 130 Å². The van der Waals surface area contributed by atoms with Crippen molar-refractivity contribution in [3.05, 3.63) is 0 Å². The van der Waals surface area contributed by atoms with Crippen LogP contribution in [0.15, 0.2) is 0 Å². The molecule has 0 aliphatic carbocycles. The molecular formula is C9H17N2NaO5S. The van der Waals surface area contributed by atoms with Gasteiger partial charge >= 0.3 is 29.6 Å². The normalized spacial score (nSPS) is 10.4. The Morgan fingerprint density at radius 3 is 1.72 bits per heavy atom. The number of hydrogen-bond acceptors (Lipinski definition) is 5. The van der Waals surface area contributed by atoms with Gasteiger partial charge in [0, 0.05) is 33.5 Å². The van der Waals surface area contributed by atoms with E-state index in [2.05, 4.69) is 0 Å². The zero-order chi connectivity index (χ0) is 13.6. The summed E-state index contributed by atoms with van der Waals surface area (Å²) in [6.07, 6.45) is 0. The van der Waals surface area contributed by atoms with E-state index in [1.54, 1.807) is 6.92 Å². The molecule has 0 N–H and O–H groups in total. The van der Waals surface area contributed by atoms with Crippen LogP contribution in [0.1, 0.15) is 20.8 Å². The Hall–Kier alpha value is -0.150. The van der Waals surface area contributed by atoms with Crippen LogP contribution >= 0.6 is 0 Å². The van der Waals surface area contributed by atoms with Crippen LogP contribution in [-0.4, -0.2) is 60.1 Å². The maximum absolute atomic E-state index is 11.1. The van der Waals surface area contributed by atoms with Crippen molar-refractivity contribution >= 4 is 21.9 Å². The van der Waals surface area contributed by atoms with Crippen LogP contribution in [0, 0.1) is 0 Å². The van der Waals surface area contributed by atoms with E-state index in [1.807, 2.05) is 0 Å². The van der Waals surface area contributed by atoms with Gasteiger partial charge in [0.25, 0.3) is 0 Å². The Kier molecular flexibility index (Phi) is 9.94. The third kappa shape index (κ3) is 8.87. The molecule has 0 aliphatic rings. The zero-order valence-electron chi connectivity index (χ0n) is 11.2. The minimum Gasteiger partial charge on any atom is -0.747 e. The summed E-state index contributed by atoms with van der Waals surface area (Å²) < 4.78 is 31.7. The Morgan fingerprint density at radius 1 is 1.06 bits per heavy atom. The molecule has 0 aromatic heterocycles. The monoisotopic (exact) mass is 288 g/mol. The first-order chi connectivity index (χ1) is 7.67. The Morgan fingerprint density at radius 2 is 1.44 bits per heavy atom. The largest absolute Gasteiger partial charge is 1.00 e. The number of amides is 2. The summed E-state index contributed by atoms with van der Waals surface area (Å²) >= 11 is 0. The average Bonchev–Trinajstić information content (AvgIpc) is 2.14. The molecule has 0 heterocycles. The molecule has 0 aromatic rings. The van der Waals surface area contributed by atoms with Crippen molar-refractivity contribution in [3.8, 4) is 0 Å². The molecule has 0 spiro atoms. The van der Waals surface area contributed by atoms with Gasteiger partial charge < -0.3 is 14.4 Å². The van der Waals surface area contributed by atoms with E-state index in [1.165, 1.54) is 18.7 Å². The maximum Gasteiger partial charge on any atom is 1.00 e. The molecule has 100 valence electrons. The molecule has 9 heteroatoms. The van der Waals surface area contributed by atoms with Crippen molar-refractivity contribution in [2.45, 2.75) is 20.8 Å². The number of hydrogen-bond donors (Lipinski definition) is 0. The summed E-state index contributed by atoms with van der Waals surface area (Å²) in [7, 11) is -4.49. The van der Waals surface area contributed by atoms with E-state index in [9.17, 15) is 22.6 Å². The van der Waals surface area contributed by atoms with Crippen LogP contribution in [0.2, 0.25) is 0 Å². The van der Waals surface area contributed by atoms with Gasteiger partial charge in [0.15, 0.2) is 0 Å². The standard InChI is InChI=1S/C9H18N2O5S.Na/c1-4-10(8(2)12)5-6-11(9(3)13)7-17(14,15)16;/h4-7H2,1-3H3,(H,14,15,16);/q;+1/p-1. The molecular weight excluding hydrogens is 271 g/mol. The molecule has 0 unspecified atom stereocenters. The fourth-order valence-corrected chi connectivity index (χ4v) is 1.98. The van der Waals surface area contributed by atoms with Gasteiger partial charge in [0.1, 0.15) is 16.0 Å². The van der Waals surface area contributed by atoms with E-state index in [-0.39, 0.29) is 48.6 Å². The van der Waals surface area contributed by atoms with Crippen LogP contribution in [-0.2, 0) is 19.7 Å². The van der Waals surface area contributed by atoms with E-state index >= 15 is 0 Å². The predicted molar refractivity (Wildman–Crippen MR) is 59.9 cm³/mol. The summed E-state index contributed by atoms with van der Waals surface area (Å²) in [5.41, 5.74) is 0. The molecule has 2 amide bonds. The summed E-state index contributed by atoms with van der Waals surface area (Å²) in [5.74, 6) is -1.54. The van der Waals surface area contributed by atoms with Crippen LogP contribution in [0.25, 0.3) is 0 Å². The van der Waals surface area contributed by atoms with Crippen molar-refractivity contribution in [2.24, 2.45) is 0 Å². The third-order valence-electron chi connectivity index (χ3n) is 2.23. The number of nitrogens with zero attached hydrogens (tertiary/aromatic N) is 2. The van der Waals surface area contributed by atoms with Crippen molar-refractivity contribution in [2.75, 3.05) is 25.5 Å². The van der Waals surface area contributed by atoms with Gasteiger partial charge in [-0.2, -0.15) is 0 Å². The minimum absolute atomic E-state index is 0. The second-order valence-electron chi connectivity index (χ2n) is 3.57. The fourth-order valence-electron chi connectivity index (χ4n) is 1.28. The first kappa shape index (κ1) is 20.2. The smallest absolute Gasteiger partial charge is 0.747 e.